The molecule has 0 bridgehead atoms. The summed E-state index contributed by atoms with van der Waals surface area (Å²) in [6.07, 6.45) is 0. The smallest absolute Gasteiger partial charge is 0.222 e. The molecule has 0 aromatic rings. The average Bonchev–Trinajstić information content (AvgIpc) is 2.00. The fourth-order valence-corrected chi connectivity index (χ4v) is 0.776. The van der Waals surface area contributed by atoms with Crippen LogP contribution in [0.2, 0.25) is 0 Å². The highest BCUT2D eigenvalue weighted by atomic mass is 79.9. The van der Waals surface area contributed by atoms with Crippen LogP contribution >= 0.6 is 15.9 Å². The summed E-state index contributed by atoms with van der Waals surface area (Å²) in [7, 11) is 0. The molecule has 2 nitrogen and oxygen atoms in total. The van der Waals surface area contributed by atoms with Crippen LogP contribution in [0.15, 0.2) is 0 Å². The molecule has 0 unspecified atom stereocenters. The fourth-order valence-electron chi connectivity index (χ4n) is 0.578. The van der Waals surface area contributed by atoms with Gasteiger partial charge in [0, 0.05) is 17.8 Å². The Hall–Kier alpha value is -0.0500. The van der Waals surface area contributed by atoms with Crippen LogP contribution in [0.3, 0.4) is 0 Å². The minimum Gasteiger partial charge on any atom is -0.355 e. The van der Waals surface area contributed by atoms with E-state index in [0.717, 1.165) is 11.9 Å². The zero-order valence-electron chi connectivity index (χ0n) is 8.28. The summed E-state index contributed by atoms with van der Waals surface area (Å²) in [4.78, 5) is 11.2. The standard InChI is InChI=1S/C9H18BrNO/c1-7(2)8(12)11-6-9(3,4)5-10/h7H,5-6H2,1-4H3,(H,11,12). The molecule has 0 atom stereocenters. The second kappa shape index (κ2) is 4.85. The fraction of sp³-hybridized carbons (Fsp3) is 0.889. The molecule has 0 saturated heterocycles. The van der Waals surface area contributed by atoms with Gasteiger partial charge in [0.25, 0.3) is 0 Å². The zero-order chi connectivity index (χ0) is 9.78. The first-order valence-electron chi connectivity index (χ1n) is 4.23. The van der Waals surface area contributed by atoms with Gasteiger partial charge in [-0.05, 0) is 5.41 Å². The number of hydrogen-bond acceptors (Lipinski definition) is 1. The molecule has 1 N–H and O–H groups in total. The summed E-state index contributed by atoms with van der Waals surface area (Å²) < 4.78 is 0. The lowest BCUT2D eigenvalue weighted by Gasteiger charge is -2.22. The molecule has 0 aromatic carbocycles. The summed E-state index contributed by atoms with van der Waals surface area (Å²) >= 11 is 3.41. The van der Waals surface area contributed by atoms with E-state index in [0.29, 0.717) is 0 Å². The van der Waals surface area contributed by atoms with E-state index in [9.17, 15) is 4.79 Å². The van der Waals surface area contributed by atoms with E-state index in [1.165, 1.54) is 0 Å². The third-order valence-corrected chi connectivity index (χ3v) is 3.15. The maximum Gasteiger partial charge on any atom is 0.222 e. The lowest BCUT2D eigenvalue weighted by molar-refractivity contribution is -0.124. The highest BCUT2D eigenvalue weighted by molar-refractivity contribution is 9.09. The maximum absolute atomic E-state index is 11.2. The van der Waals surface area contributed by atoms with E-state index in [1.54, 1.807) is 0 Å². The van der Waals surface area contributed by atoms with Gasteiger partial charge in [0.1, 0.15) is 0 Å². The van der Waals surface area contributed by atoms with Gasteiger partial charge in [0.05, 0.1) is 0 Å². The van der Waals surface area contributed by atoms with Crippen LogP contribution in [0, 0.1) is 11.3 Å². The van der Waals surface area contributed by atoms with Crippen molar-refractivity contribution in [3.8, 4) is 0 Å². The number of hydrogen-bond donors (Lipinski definition) is 1. The van der Waals surface area contributed by atoms with E-state index in [1.807, 2.05) is 13.8 Å². The van der Waals surface area contributed by atoms with E-state index in [4.69, 9.17) is 0 Å². The van der Waals surface area contributed by atoms with Gasteiger partial charge in [-0.3, -0.25) is 4.79 Å². The first-order chi connectivity index (χ1) is 5.39. The minimum atomic E-state index is 0.0797. The monoisotopic (exact) mass is 235 g/mol. The van der Waals surface area contributed by atoms with Crippen LogP contribution in [0.4, 0.5) is 0 Å². The van der Waals surface area contributed by atoms with Gasteiger partial charge in [-0.25, -0.2) is 0 Å². The van der Waals surface area contributed by atoms with Crippen LogP contribution in [0.5, 0.6) is 0 Å². The molecule has 0 spiro atoms. The minimum absolute atomic E-state index is 0.0797. The maximum atomic E-state index is 11.2. The first kappa shape index (κ1) is 11.9. The van der Waals surface area contributed by atoms with Crippen LogP contribution < -0.4 is 5.32 Å². The number of carbonyl (C=O) groups excluding carboxylic acids is 1. The number of halogens is 1. The molecular weight excluding hydrogens is 218 g/mol. The van der Waals surface area contributed by atoms with Crippen LogP contribution in [0.1, 0.15) is 27.7 Å². The Morgan fingerprint density at radius 1 is 1.50 bits per heavy atom. The van der Waals surface area contributed by atoms with Crippen LogP contribution in [-0.4, -0.2) is 17.8 Å². The molecule has 0 heterocycles. The Morgan fingerprint density at radius 2 is 2.00 bits per heavy atom. The van der Waals surface area contributed by atoms with Crippen molar-refractivity contribution < 1.29 is 4.79 Å². The Labute approximate surface area is 83.2 Å². The predicted octanol–water partition coefficient (Wildman–Crippen LogP) is 2.18. The number of nitrogens with one attached hydrogen (secondary N) is 1. The zero-order valence-corrected chi connectivity index (χ0v) is 9.86. The van der Waals surface area contributed by atoms with Crippen molar-refractivity contribution in [2.24, 2.45) is 11.3 Å². The van der Waals surface area contributed by atoms with Crippen molar-refractivity contribution in [1.29, 1.82) is 0 Å². The molecule has 0 radical (unpaired) electrons. The number of amides is 1. The van der Waals surface area contributed by atoms with Crippen molar-refractivity contribution in [1.82, 2.24) is 5.32 Å². The van der Waals surface area contributed by atoms with Crippen molar-refractivity contribution in [2.45, 2.75) is 27.7 Å². The largest absolute Gasteiger partial charge is 0.355 e. The quantitative estimate of drug-likeness (QED) is 0.745. The van der Waals surface area contributed by atoms with Gasteiger partial charge in [-0.1, -0.05) is 43.6 Å². The Balaban J connectivity index is 3.76. The number of alkyl halides is 1. The van der Waals surface area contributed by atoms with Gasteiger partial charge < -0.3 is 5.32 Å². The third kappa shape index (κ3) is 4.75. The Bertz CT molecular complexity index is 155. The summed E-state index contributed by atoms with van der Waals surface area (Å²) in [5.74, 6) is 0.208. The van der Waals surface area contributed by atoms with Crippen molar-refractivity contribution >= 4 is 21.8 Å². The lowest BCUT2D eigenvalue weighted by atomic mass is 9.96. The average molecular weight is 236 g/mol. The van der Waals surface area contributed by atoms with E-state index < -0.39 is 0 Å². The van der Waals surface area contributed by atoms with E-state index >= 15 is 0 Å². The molecule has 0 aliphatic rings. The summed E-state index contributed by atoms with van der Waals surface area (Å²) in [5, 5.41) is 3.81. The Morgan fingerprint density at radius 3 is 2.33 bits per heavy atom. The topological polar surface area (TPSA) is 29.1 Å². The van der Waals surface area contributed by atoms with Crippen molar-refractivity contribution in [2.75, 3.05) is 11.9 Å². The Kier molecular flexibility index (Phi) is 4.83. The molecule has 0 fully saturated rings. The van der Waals surface area contributed by atoms with Crippen molar-refractivity contribution in [3.05, 3.63) is 0 Å². The third-order valence-electron chi connectivity index (χ3n) is 1.63. The molecule has 3 heteroatoms. The van der Waals surface area contributed by atoms with E-state index in [-0.39, 0.29) is 17.2 Å². The molecule has 0 aliphatic heterocycles. The van der Waals surface area contributed by atoms with E-state index in [2.05, 4.69) is 35.1 Å². The second-order valence-electron chi connectivity index (χ2n) is 4.17. The molecule has 0 saturated carbocycles. The summed E-state index contributed by atoms with van der Waals surface area (Å²) in [5.41, 5.74) is 0.143. The van der Waals surface area contributed by atoms with Crippen LogP contribution in [-0.2, 0) is 4.79 Å². The molecule has 72 valence electrons. The van der Waals surface area contributed by atoms with Gasteiger partial charge in [-0.15, -0.1) is 0 Å². The van der Waals surface area contributed by atoms with Gasteiger partial charge in [-0.2, -0.15) is 0 Å². The molecule has 12 heavy (non-hydrogen) atoms. The van der Waals surface area contributed by atoms with Gasteiger partial charge >= 0.3 is 0 Å². The predicted molar refractivity (Wildman–Crippen MR) is 55.4 cm³/mol. The normalized spacial score (nSPS) is 11.8. The highest BCUT2D eigenvalue weighted by Gasteiger charge is 2.17. The molecule has 0 aliphatic carbocycles. The summed E-state index contributed by atoms with van der Waals surface area (Å²) in [6.45, 7) is 8.76. The lowest BCUT2D eigenvalue weighted by Crippen LogP contribution is -2.36. The van der Waals surface area contributed by atoms with Crippen molar-refractivity contribution in [3.63, 3.8) is 0 Å². The number of carbonyl (C=O) groups is 1. The highest BCUT2D eigenvalue weighted by Crippen LogP contribution is 2.16. The summed E-state index contributed by atoms with van der Waals surface area (Å²) in [6, 6.07) is 0. The molecule has 0 aromatic heterocycles. The second-order valence-corrected chi connectivity index (χ2v) is 4.73. The molecule has 0 rings (SSSR count). The number of rotatable bonds is 4. The van der Waals surface area contributed by atoms with Gasteiger partial charge in [0.15, 0.2) is 0 Å². The van der Waals surface area contributed by atoms with Gasteiger partial charge in [0.2, 0.25) is 5.91 Å². The SMILES string of the molecule is CC(C)C(=O)NCC(C)(C)CBr. The first-order valence-corrected chi connectivity index (χ1v) is 5.35. The van der Waals surface area contributed by atoms with Crippen LogP contribution in [0.25, 0.3) is 0 Å². The molecule has 1 amide bonds. The molecular formula is C9H18BrNO.